The number of benzene rings is 2. The van der Waals surface area contributed by atoms with Gasteiger partial charge >= 0.3 is 0 Å². The highest BCUT2D eigenvalue weighted by atomic mass is 16.3. The van der Waals surface area contributed by atoms with Crippen molar-refractivity contribution < 1.29 is 34.8 Å². The van der Waals surface area contributed by atoms with Crippen molar-refractivity contribution in [3.63, 3.8) is 0 Å². The Kier molecular flexibility index (Phi) is 7.95. The van der Waals surface area contributed by atoms with Crippen LogP contribution in [0.3, 0.4) is 0 Å². The van der Waals surface area contributed by atoms with Gasteiger partial charge in [0.15, 0.2) is 11.4 Å². The number of nitrogens with zero attached hydrogens (tertiary/aromatic N) is 2. The van der Waals surface area contributed by atoms with Gasteiger partial charge in [0.05, 0.1) is 11.6 Å². The molecule has 0 heterocycles. The third kappa shape index (κ3) is 4.92. The summed E-state index contributed by atoms with van der Waals surface area (Å²) in [5.41, 5.74) is 5.11. The maximum absolute atomic E-state index is 14.0. The maximum atomic E-state index is 14.0. The minimum atomic E-state index is -2.66. The third-order valence-electron chi connectivity index (χ3n) is 8.91. The third-order valence-corrected chi connectivity index (χ3v) is 8.91. The zero-order valence-corrected chi connectivity index (χ0v) is 24.7. The standard InChI is InChI=1S/C32H38N4O7/c1-35(2)11-10-34-15-16-6-5-7-17(12-16)19-8-9-22(37)24-20(19)13-18-14-21-26(36(3)4)28(39)25(31(33)42)30(41)32(21,43)29(40)23(18)27(24)38/h5-9,12,18,21,26,34,37-38,41,43H,10-11,13-15H2,1-4H3,(H2,33,42)/t18-,21-,26-,32-/m0/s1. The van der Waals surface area contributed by atoms with Crippen molar-refractivity contribution in [2.45, 2.75) is 31.0 Å². The fraction of sp³-hybridized carbons (Fsp3) is 0.406. The number of hydrogen-bond donors (Lipinski definition) is 6. The lowest BCUT2D eigenvalue weighted by Crippen LogP contribution is -2.65. The highest BCUT2D eigenvalue weighted by Crippen LogP contribution is 2.53. The fourth-order valence-electron chi connectivity index (χ4n) is 6.90. The molecule has 0 saturated heterocycles. The Labute approximate surface area is 249 Å². The van der Waals surface area contributed by atoms with Crippen LogP contribution < -0.4 is 11.1 Å². The second-order valence-corrected chi connectivity index (χ2v) is 12.1. The minimum absolute atomic E-state index is 0.0384. The first-order chi connectivity index (χ1) is 20.3. The van der Waals surface area contributed by atoms with Crippen LogP contribution in [0, 0.1) is 11.8 Å². The quantitative estimate of drug-likeness (QED) is 0.194. The van der Waals surface area contributed by atoms with Gasteiger partial charge in [-0.05, 0) is 81.3 Å². The number of rotatable bonds is 8. The number of hydrogen-bond acceptors (Lipinski definition) is 10. The number of amides is 1. The summed E-state index contributed by atoms with van der Waals surface area (Å²) < 4.78 is 0. The van der Waals surface area contributed by atoms with Crippen LogP contribution in [0.5, 0.6) is 5.75 Å². The smallest absolute Gasteiger partial charge is 0.255 e. The predicted octanol–water partition coefficient (Wildman–Crippen LogP) is 1.28. The molecule has 0 aromatic heterocycles. The number of fused-ring (bicyclic) bond motifs is 3. The molecule has 2 aromatic rings. The molecule has 5 rings (SSSR count). The number of nitrogens with two attached hydrogens (primary N) is 1. The van der Waals surface area contributed by atoms with E-state index in [2.05, 4.69) is 10.2 Å². The van der Waals surface area contributed by atoms with Gasteiger partial charge in [-0.1, -0.05) is 24.3 Å². The van der Waals surface area contributed by atoms with Crippen molar-refractivity contribution in [3.05, 3.63) is 70.0 Å². The number of carbonyl (C=O) groups excluding carboxylic acids is 3. The molecule has 0 spiro atoms. The van der Waals surface area contributed by atoms with E-state index in [9.17, 15) is 34.8 Å². The molecule has 0 radical (unpaired) electrons. The number of primary amides is 1. The van der Waals surface area contributed by atoms with E-state index in [4.69, 9.17) is 5.73 Å². The number of likely N-dealkylation sites (N-methyl/N-ethyl adjacent to an activating group) is 2. The van der Waals surface area contributed by atoms with Crippen LogP contribution in [0.25, 0.3) is 16.9 Å². The van der Waals surface area contributed by atoms with E-state index in [1.54, 1.807) is 20.2 Å². The normalized spacial score (nSPS) is 25.2. The first-order valence-corrected chi connectivity index (χ1v) is 14.2. The zero-order chi connectivity index (χ0) is 31.4. The molecule has 0 unspecified atom stereocenters. The van der Waals surface area contributed by atoms with Gasteiger partial charge in [0.1, 0.15) is 22.8 Å². The van der Waals surface area contributed by atoms with Gasteiger partial charge in [-0.3, -0.25) is 19.3 Å². The number of aliphatic hydroxyl groups is 3. The second-order valence-electron chi connectivity index (χ2n) is 12.1. The fourth-order valence-corrected chi connectivity index (χ4v) is 6.90. The molecule has 4 atom stereocenters. The monoisotopic (exact) mass is 590 g/mol. The molecular formula is C32H38N4O7. The average Bonchev–Trinajstić information content (AvgIpc) is 2.93. The van der Waals surface area contributed by atoms with Gasteiger partial charge in [-0.15, -0.1) is 0 Å². The number of phenolic OH excluding ortho intramolecular Hbond substituents is 1. The Morgan fingerprint density at radius 3 is 2.47 bits per heavy atom. The van der Waals surface area contributed by atoms with Crippen molar-refractivity contribution in [2.24, 2.45) is 17.6 Å². The number of ketones is 2. The summed E-state index contributed by atoms with van der Waals surface area (Å²) in [6, 6.07) is 10.0. The Morgan fingerprint density at radius 1 is 1.09 bits per heavy atom. The number of nitrogens with one attached hydrogen (secondary N) is 1. The molecule has 43 heavy (non-hydrogen) atoms. The Bertz CT molecular complexity index is 1580. The van der Waals surface area contributed by atoms with Crippen LogP contribution in [0.1, 0.15) is 23.1 Å². The summed E-state index contributed by atoms with van der Waals surface area (Å²) in [7, 11) is 7.17. The van der Waals surface area contributed by atoms with Crippen LogP contribution >= 0.6 is 0 Å². The summed E-state index contributed by atoms with van der Waals surface area (Å²) in [4.78, 5) is 43.1. The minimum Gasteiger partial charge on any atom is -0.508 e. The molecule has 11 nitrogen and oxygen atoms in total. The van der Waals surface area contributed by atoms with Gasteiger partial charge < -0.3 is 36.4 Å². The van der Waals surface area contributed by atoms with E-state index >= 15 is 0 Å². The first kappa shape index (κ1) is 30.4. The summed E-state index contributed by atoms with van der Waals surface area (Å²) in [5, 5.41) is 48.6. The van der Waals surface area contributed by atoms with Crippen molar-refractivity contribution >= 4 is 23.2 Å². The van der Waals surface area contributed by atoms with Crippen LogP contribution in [0.4, 0.5) is 0 Å². The van der Waals surface area contributed by atoms with E-state index in [-0.39, 0.29) is 29.7 Å². The van der Waals surface area contributed by atoms with Crippen LogP contribution in [-0.4, -0.2) is 101 Å². The average molecular weight is 591 g/mol. The van der Waals surface area contributed by atoms with Crippen molar-refractivity contribution in [1.29, 1.82) is 0 Å². The maximum Gasteiger partial charge on any atom is 0.255 e. The second kappa shape index (κ2) is 11.2. The molecule has 0 aliphatic heterocycles. The largest absolute Gasteiger partial charge is 0.508 e. The molecule has 3 aliphatic rings. The van der Waals surface area contributed by atoms with Crippen molar-refractivity contribution in [2.75, 3.05) is 41.3 Å². The number of aliphatic hydroxyl groups excluding tert-OH is 2. The molecule has 0 bridgehead atoms. The van der Waals surface area contributed by atoms with Crippen LogP contribution in [-0.2, 0) is 27.3 Å². The summed E-state index contributed by atoms with van der Waals surface area (Å²) in [6.07, 6.45) is 0.264. The molecular weight excluding hydrogens is 552 g/mol. The zero-order valence-electron chi connectivity index (χ0n) is 24.7. The highest BCUT2D eigenvalue weighted by Gasteiger charge is 2.64. The summed E-state index contributed by atoms with van der Waals surface area (Å²) in [6.45, 7) is 2.37. The number of carbonyl (C=O) groups is 3. The Morgan fingerprint density at radius 2 is 1.81 bits per heavy atom. The molecule has 1 amide bonds. The topological polar surface area (TPSA) is 177 Å². The lowest BCUT2D eigenvalue weighted by atomic mass is 9.57. The summed E-state index contributed by atoms with van der Waals surface area (Å²) in [5.74, 6) is -6.67. The van der Waals surface area contributed by atoms with Gasteiger partial charge in [0.2, 0.25) is 5.78 Å². The molecule has 1 fully saturated rings. The number of phenols is 1. The van der Waals surface area contributed by atoms with E-state index in [1.807, 2.05) is 38.4 Å². The van der Waals surface area contributed by atoms with Gasteiger partial charge in [-0.25, -0.2) is 0 Å². The Hall–Kier alpha value is -4.03. The molecule has 3 aliphatic carbocycles. The molecule has 2 aromatic carbocycles. The number of aromatic hydroxyl groups is 1. The Balaban J connectivity index is 1.60. The number of Topliss-reactive ketones (excluding diaryl/α,β-unsaturated/α-hetero) is 2. The molecule has 11 heteroatoms. The molecule has 1 saturated carbocycles. The van der Waals surface area contributed by atoms with E-state index in [1.165, 1.54) is 11.0 Å². The molecule has 7 N–H and O–H groups in total. The lowest BCUT2D eigenvalue weighted by Gasteiger charge is -2.50. The van der Waals surface area contributed by atoms with E-state index < -0.39 is 58.0 Å². The van der Waals surface area contributed by atoms with Crippen LogP contribution in [0.15, 0.2) is 53.3 Å². The lowest BCUT2D eigenvalue weighted by molar-refractivity contribution is -0.153. The van der Waals surface area contributed by atoms with E-state index in [0.29, 0.717) is 12.1 Å². The van der Waals surface area contributed by atoms with Crippen molar-refractivity contribution in [1.82, 2.24) is 15.1 Å². The van der Waals surface area contributed by atoms with Crippen LogP contribution in [0.2, 0.25) is 0 Å². The van der Waals surface area contributed by atoms with Gasteiger partial charge in [-0.2, -0.15) is 0 Å². The SMILES string of the molecule is CN(C)CCNCc1cccc(-c2ccc(O)c3c2C[C@H]2C[C@H]4[C@H](N(C)C)C(=O)C(C(N)=O)=C(O)[C@@]4(O)C(=O)C2=C3O)c1. The predicted molar refractivity (Wildman–Crippen MR) is 160 cm³/mol. The highest BCUT2D eigenvalue weighted by molar-refractivity contribution is 6.24. The van der Waals surface area contributed by atoms with Gasteiger partial charge in [0, 0.05) is 31.1 Å². The van der Waals surface area contributed by atoms with E-state index in [0.717, 1.165) is 29.8 Å². The first-order valence-electron chi connectivity index (χ1n) is 14.2. The van der Waals surface area contributed by atoms with Gasteiger partial charge in [0.25, 0.3) is 5.91 Å². The summed E-state index contributed by atoms with van der Waals surface area (Å²) >= 11 is 0. The molecule has 228 valence electrons. The van der Waals surface area contributed by atoms with Crippen molar-refractivity contribution in [3.8, 4) is 16.9 Å².